The Bertz CT molecular complexity index is 997. The molecule has 2 heterocycles. The number of anilines is 1. The number of hydrogen-bond acceptors (Lipinski definition) is 5. The second kappa shape index (κ2) is 8.14. The van der Waals surface area contributed by atoms with Crippen molar-refractivity contribution in [1.29, 1.82) is 0 Å². The molecule has 0 radical (unpaired) electrons. The lowest BCUT2D eigenvalue weighted by molar-refractivity contribution is -0.116. The van der Waals surface area contributed by atoms with Crippen LogP contribution >= 0.6 is 0 Å². The molecule has 2 aromatic rings. The molecule has 154 valence electrons. The normalized spacial score (nSPS) is 18.2. The summed E-state index contributed by atoms with van der Waals surface area (Å²) >= 11 is 0. The van der Waals surface area contributed by atoms with E-state index in [4.69, 9.17) is 4.74 Å². The second-order valence-corrected chi connectivity index (χ2v) is 9.33. The first kappa shape index (κ1) is 19.9. The fourth-order valence-electron chi connectivity index (χ4n) is 3.79. The third-order valence-electron chi connectivity index (χ3n) is 5.51. The average molecular weight is 416 g/mol. The SMILES string of the molecule is COc1ccc(CN2CCN(S(=O)(=O)c3ccc4c(c3)CCC(=O)N4)CC2)cc1. The van der Waals surface area contributed by atoms with Gasteiger partial charge in [0.15, 0.2) is 0 Å². The molecule has 0 aromatic heterocycles. The van der Waals surface area contributed by atoms with E-state index in [-0.39, 0.29) is 5.91 Å². The number of amides is 1. The van der Waals surface area contributed by atoms with Gasteiger partial charge < -0.3 is 10.1 Å². The molecule has 1 N–H and O–H groups in total. The molecular weight excluding hydrogens is 390 g/mol. The maximum atomic E-state index is 13.1. The van der Waals surface area contributed by atoms with E-state index in [1.807, 2.05) is 24.3 Å². The third kappa shape index (κ3) is 4.29. The third-order valence-corrected chi connectivity index (χ3v) is 7.40. The van der Waals surface area contributed by atoms with Crippen LogP contribution in [0.3, 0.4) is 0 Å². The summed E-state index contributed by atoms with van der Waals surface area (Å²) in [5.41, 5.74) is 2.77. The van der Waals surface area contributed by atoms with Gasteiger partial charge in [-0.2, -0.15) is 4.31 Å². The number of carbonyl (C=O) groups is 1. The van der Waals surface area contributed by atoms with Gasteiger partial charge in [-0.25, -0.2) is 8.42 Å². The molecule has 8 heteroatoms. The van der Waals surface area contributed by atoms with Gasteiger partial charge in [0.25, 0.3) is 0 Å². The molecule has 29 heavy (non-hydrogen) atoms. The molecule has 2 aliphatic rings. The smallest absolute Gasteiger partial charge is 0.243 e. The van der Waals surface area contributed by atoms with Crippen molar-refractivity contribution in [2.45, 2.75) is 24.3 Å². The Balaban J connectivity index is 1.40. The fraction of sp³-hybridized carbons (Fsp3) is 0.381. The van der Waals surface area contributed by atoms with E-state index in [9.17, 15) is 13.2 Å². The first-order chi connectivity index (χ1) is 14.0. The Morgan fingerprint density at radius 2 is 1.72 bits per heavy atom. The first-order valence-corrected chi connectivity index (χ1v) is 11.2. The number of piperazine rings is 1. The number of ether oxygens (including phenoxy) is 1. The predicted molar refractivity (Wildman–Crippen MR) is 110 cm³/mol. The molecular formula is C21H25N3O4S. The van der Waals surface area contributed by atoms with E-state index in [2.05, 4.69) is 10.2 Å². The lowest BCUT2D eigenvalue weighted by atomic mass is 10.0. The fourth-order valence-corrected chi connectivity index (χ4v) is 5.26. The van der Waals surface area contributed by atoms with Crippen molar-refractivity contribution < 1.29 is 17.9 Å². The zero-order valence-electron chi connectivity index (χ0n) is 16.4. The Morgan fingerprint density at radius 1 is 1.00 bits per heavy atom. The molecule has 7 nitrogen and oxygen atoms in total. The van der Waals surface area contributed by atoms with E-state index in [1.165, 1.54) is 5.56 Å². The lowest BCUT2D eigenvalue weighted by Crippen LogP contribution is -2.48. The summed E-state index contributed by atoms with van der Waals surface area (Å²) in [6.07, 6.45) is 0.959. The molecule has 0 unspecified atom stereocenters. The van der Waals surface area contributed by atoms with Crippen LogP contribution in [0.5, 0.6) is 5.75 Å². The van der Waals surface area contributed by atoms with Crippen molar-refractivity contribution in [1.82, 2.24) is 9.21 Å². The standard InChI is InChI=1S/C21H25N3O4S/c1-28-18-5-2-16(3-6-18)15-23-10-12-24(13-11-23)29(26,27)19-7-8-20-17(14-19)4-9-21(25)22-20/h2-3,5-8,14H,4,9-13,15H2,1H3,(H,22,25). The Hall–Kier alpha value is -2.42. The van der Waals surface area contributed by atoms with E-state index >= 15 is 0 Å². The number of sulfonamides is 1. The van der Waals surface area contributed by atoms with Crippen molar-refractivity contribution in [2.24, 2.45) is 0 Å². The predicted octanol–water partition coefficient (Wildman–Crippen LogP) is 2.09. The van der Waals surface area contributed by atoms with Crippen molar-refractivity contribution in [3.63, 3.8) is 0 Å². The van der Waals surface area contributed by atoms with Gasteiger partial charge in [0.1, 0.15) is 5.75 Å². The summed E-state index contributed by atoms with van der Waals surface area (Å²) in [5.74, 6) is 0.801. The van der Waals surface area contributed by atoms with Crippen molar-refractivity contribution in [3.8, 4) is 5.75 Å². The van der Waals surface area contributed by atoms with Crippen LogP contribution in [0.4, 0.5) is 5.69 Å². The van der Waals surface area contributed by atoms with Gasteiger partial charge in [0, 0.05) is 44.8 Å². The van der Waals surface area contributed by atoms with Crippen LogP contribution in [0.2, 0.25) is 0 Å². The minimum atomic E-state index is -3.54. The van der Waals surface area contributed by atoms with E-state index in [0.717, 1.165) is 17.9 Å². The number of rotatable bonds is 5. The number of nitrogens with one attached hydrogen (secondary N) is 1. The van der Waals surface area contributed by atoms with Crippen LogP contribution in [0.25, 0.3) is 0 Å². The van der Waals surface area contributed by atoms with E-state index < -0.39 is 10.0 Å². The molecule has 0 aliphatic carbocycles. The second-order valence-electron chi connectivity index (χ2n) is 7.40. The number of fused-ring (bicyclic) bond motifs is 1. The highest BCUT2D eigenvalue weighted by Crippen LogP contribution is 2.27. The number of benzene rings is 2. The van der Waals surface area contributed by atoms with Crippen LogP contribution in [0.15, 0.2) is 47.4 Å². The maximum Gasteiger partial charge on any atom is 0.243 e. The first-order valence-electron chi connectivity index (χ1n) is 9.74. The summed E-state index contributed by atoms with van der Waals surface area (Å²) in [4.78, 5) is 14.1. The zero-order valence-corrected chi connectivity index (χ0v) is 17.2. The molecule has 2 aliphatic heterocycles. The number of nitrogens with zero attached hydrogens (tertiary/aromatic N) is 2. The highest BCUT2D eigenvalue weighted by atomic mass is 32.2. The molecule has 1 saturated heterocycles. The summed E-state index contributed by atoms with van der Waals surface area (Å²) in [7, 11) is -1.89. The Labute approximate surface area is 171 Å². The van der Waals surface area contributed by atoms with Crippen LogP contribution in [0.1, 0.15) is 17.5 Å². The zero-order chi connectivity index (χ0) is 20.4. The number of carbonyl (C=O) groups excluding carboxylic acids is 1. The highest BCUT2D eigenvalue weighted by Gasteiger charge is 2.29. The molecule has 1 amide bonds. The topological polar surface area (TPSA) is 79.0 Å². The van der Waals surface area contributed by atoms with Crippen molar-refractivity contribution in [2.75, 3.05) is 38.6 Å². The van der Waals surface area contributed by atoms with E-state index in [1.54, 1.807) is 29.6 Å². The van der Waals surface area contributed by atoms with E-state index in [0.29, 0.717) is 49.6 Å². The molecule has 0 spiro atoms. The highest BCUT2D eigenvalue weighted by molar-refractivity contribution is 7.89. The minimum absolute atomic E-state index is 0.0268. The van der Waals surface area contributed by atoms with Gasteiger partial charge >= 0.3 is 0 Å². The van der Waals surface area contributed by atoms with Crippen molar-refractivity contribution in [3.05, 3.63) is 53.6 Å². The van der Waals surface area contributed by atoms with Crippen molar-refractivity contribution >= 4 is 21.6 Å². The largest absolute Gasteiger partial charge is 0.497 e. The molecule has 2 aromatic carbocycles. The van der Waals surface area contributed by atoms with Crippen LogP contribution in [-0.2, 0) is 27.8 Å². The average Bonchev–Trinajstić information content (AvgIpc) is 2.74. The van der Waals surface area contributed by atoms with Gasteiger partial charge in [-0.05, 0) is 47.9 Å². The van der Waals surface area contributed by atoms with Crippen LogP contribution in [0, 0.1) is 0 Å². The monoisotopic (exact) mass is 415 g/mol. The minimum Gasteiger partial charge on any atom is -0.497 e. The number of aryl methyl sites for hydroxylation is 1. The van der Waals surface area contributed by atoms with Gasteiger partial charge in [-0.15, -0.1) is 0 Å². The quantitative estimate of drug-likeness (QED) is 0.809. The lowest BCUT2D eigenvalue weighted by Gasteiger charge is -2.34. The number of methoxy groups -OCH3 is 1. The van der Waals surface area contributed by atoms with Gasteiger partial charge in [-0.3, -0.25) is 9.69 Å². The summed E-state index contributed by atoms with van der Waals surface area (Å²) in [5, 5.41) is 2.79. The summed E-state index contributed by atoms with van der Waals surface area (Å²) < 4.78 is 32.9. The molecule has 0 saturated carbocycles. The molecule has 4 rings (SSSR count). The summed E-state index contributed by atoms with van der Waals surface area (Å²) in [6.45, 7) is 3.09. The Morgan fingerprint density at radius 3 is 2.41 bits per heavy atom. The Kier molecular flexibility index (Phi) is 5.58. The maximum absolute atomic E-state index is 13.1. The molecule has 0 bridgehead atoms. The summed E-state index contributed by atoms with van der Waals surface area (Å²) in [6, 6.07) is 12.9. The molecule has 0 atom stereocenters. The van der Waals surface area contributed by atoms with Crippen LogP contribution < -0.4 is 10.1 Å². The molecule has 1 fully saturated rings. The van der Waals surface area contributed by atoms with Gasteiger partial charge in [-0.1, -0.05) is 12.1 Å². The van der Waals surface area contributed by atoms with Crippen LogP contribution in [-0.4, -0.2) is 56.8 Å². The number of hydrogen-bond donors (Lipinski definition) is 1. The van der Waals surface area contributed by atoms with Gasteiger partial charge in [0.05, 0.1) is 12.0 Å². The van der Waals surface area contributed by atoms with Gasteiger partial charge in [0.2, 0.25) is 15.9 Å².